The Morgan fingerprint density at radius 1 is 1.32 bits per heavy atom. The van der Waals surface area contributed by atoms with Crippen molar-refractivity contribution in [1.29, 1.82) is 0 Å². The maximum absolute atomic E-state index is 8.31. The molecule has 1 atom stereocenters. The Morgan fingerprint density at radius 2 is 2.11 bits per heavy atom. The summed E-state index contributed by atoms with van der Waals surface area (Å²) in [6.07, 6.45) is 0.928. The summed E-state index contributed by atoms with van der Waals surface area (Å²) in [7, 11) is 2.17. The molecule has 1 aromatic rings. The Kier molecular flexibility index (Phi) is 5.21. The van der Waals surface area contributed by atoms with Crippen LogP contribution < -0.4 is 0 Å². The third-order valence-corrected chi connectivity index (χ3v) is 3.65. The zero-order valence-corrected chi connectivity index (χ0v) is 11.4. The molecule has 1 fully saturated rings. The highest BCUT2D eigenvalue weighted by Crippen LogP contribution is 2.24. The third-order valence-electron chi connectivity index (χ3n) is 3.65. The first kappa shape index (κ1) is 13.9. The molecule has 5 nitrogen and oxygen atoms in total. The van der Waals surface area contributed by atoms with Crippen LogP contribution in [0.15, 0.2) is 35.4 Å². The lowest BCUT2D eigenvalue weighted by Crippen LogP contribution is -2.47. The maximum Gasteiger partial charge on any atom is 0.0475 e. The minimum atomic E-state index is 0.450. The van der Waals surface area contributed by atoms with Gasteiger partial charge in [-0.1, -0.05) is 35.4 Å². The summed E-state index contributed by atoms with van der Waals surface area (Å²) >= 11 is 0. The SMILES string of the molecule is CN1CCN(CCCN=[N+]=[N-])C(c2ccccc2)C1. The van der Waals surface area contributed by atoms with Crippen molar-refractivity contribution in [1.82, 2.24) is 9.80 Å². The van der Waals surface area contributed by atoms with Crippen LogP contribution in [0.2, 0.25) is 0 Å². The van der Waals surface area contributed by atoms with Gasteiger partial charge in [-0.05, 0) is 31.1 Å². The standard InChI is InChI=1S/C14H21N5/c1-18-10-11-19(9-5-8-16-17-15)14(12-18)13-6-3-2-4-7-13/h2-4,6-7,14H,5,8-12H2,1H3. The Morgan fingerprint density at radius 3 is 2.84 bits per heavy atom. The largest absolute Gasteiger partial charge is 0.303 e. The van der Waals surface area contributed by atoms with Crippen molar-refractivity contribution in [2.24, 2.45) is 5.11 Å². The molecule has 0 bridgehead atoms. The molecule has 0 spiro atoms. The molecule has 102 valence electrons. The zero-order chi connectivity index (χ0) is 13.5. The van der Waals surface area contributed by atoms with Crippen LogP contribution in [0.1, 0.15) is 18.0 Å². The van der Waals surface area contributed by atoms with Crippen LogP contribution in [0.25, 0.3) is 10.4 Å². The topological polar surface area (TPSA) is 55.2 Å². The molecule has 1 aliphatic heterocycles. The quantitative estimate of drug-likeness (QED) is 0.353. The lowest BCUT2D eigenvalue weighted by molar-refractivity contribution is 0.0894. The van der Waals surface area contributed by atoms with Crippen LogP contribution in [-0.2, 0) is 0 Å². The molecule has 0 radical (unpaired) electrons. The molecule has 19 heavy (non-hydrogen) atoms. The minimum Gasteiger partial charge on any atom is -0.303 e. The van der Waals surface area contributed by atoms with Gasteiger partial charge in [-0.2, -0.15) is 0 Å². The van der Waals surface area contributed by atoms with E-state index in [2.05, 4.69) is 57.2 Å². The van der Waals surface area contributed by atoms with E-state index in [1.807, 2.05) is 0 Å². The van der Waals surface area contributed by atoms with Gasteiger partial charge in [-0.3, -0.25) is 4.90 Å². The summed E-state index contributed by atoms with van der Waals surface area (Å²) in [5, 5.41) is 3.61. The Hall–Kier alpha value is -1.55. The molecule has 0 aromatic heterocycles. The number of hydrogen-bond donors (Lipinski definition) is 0. The number of likely N-dealkylation sites (N-methyl/N-ethyl adjacent to an activating group) is 1. The summed E-state index contributed by atoms with van der Waals surface area (Å²) in [6, 6.07) is 11.1. The van der Waals surface area contributed by atoms with Crippen LogP contribution in [0.4, 0.5) is 0 Å². The predicted octanol–water partition coefficient (Wildman–Crippen LogP) is 2.68. The van der Waals surface area contributed by atoms with Crippen LogP contribution >= 0.6 is 0 Å². The van der Waals surface area contributed by atoms with E-state index in [1.165, 1.54) is 5.56 Å². The molecule has 0 saturated carbocycles. The molecule has 5 heteroatoms. The normalized spacial score (nSPS) is 21.0. The number of nitrogens with zero attached hydrogens (tertiary/aromatic N) is 5. The van der Waals surface area contributed by atoms with Crippen molar-refractivity contribution < 1.29 is 0 Å². The number of benzene rings is 1. The van der Waals surface area contributed by atoms with Gasteiger partial charge in [-0.25, -0.2) is 0 Å². The Labute approximate surface area is 114 Å². The molecular formula is C14H21N5. The minimum absolute atomic E-state index is 0.450. The van der Waals surface area contributed by atoms with Crippen molar-refractivity contribution in [2.45, 2.75) is 12.5 Å². The molecule has 1 saturated heterocycles. The van der Waals surface area contributed by atoms with E-state index in [-0.39, 0.29) is 0 Å². The van der Waals surface area contributed by atoms with Crippen molar-refractivity contribution in [3.05, 3.63) is 46.3 Å². The van der Waals surface area contributed by atoms with Crippen LogP contribution in [0, 0.1) is 0 Å². The zero-order valence-electron chi connectivity index (χ0n) is 11.4. The van der Waals surface area contributed by atoms with Gasteiger partial charge in [0.05, 0.1) is 0 Å². The number of hydrogen-bond acceptors (Lipinski definition) is 3. The van der Waals surface area contributed by atoms with Gasteiger partial charge < -0.3 is 4.90 Å². The van der Waals surface area contributed by atoms with Gasteiger partial charge >= 0.3 is 0 Å². The van der Waals surface area contributed by atoms with Crippen molar-refractivity contribution in [2.75, 3.05) is 39.8 Å². The predicted molar refractivity (Wildman–Crippen MR) is 76.9 cm³/mol. The summed E-state index contributed by atoms with van der Waals surface area (Å²) in [5.74, 6) is 0. The molecule has 1 unspecified atom stereocenters. The molecule has 1 aliphatic rings. The van der Waals surface area contributed by atoms with Gasteiger partial charge in [-0.15, -0.1) is 0 Å². The number of piperazine rings is 1. The van der Waals surface area contributed by atoms with Gasteiger partial charge in [0, 0.05) is 37.1 Å². The van der Waals surface area contributed by atoms with Gasteiger partial charge in [0.15, 0.2) is 0 Å². The first-order chi connectivity index (χ1) is 9.31. The summed E-state index contributed by atoms with van der Waals surface area (Å²) in [6.45, 7) is 4.82. The fourth-order valence-corrected chi connectivity index (χ4v) is 2.61. The first-order valence-electron chi connectivity index (χ1n) is 6.79. The van der Waals surface area contributed by atoms with E-state index in [4.69, 9.17) is 5.53 Å². The smallest absolute Gasteiger partial charge is 0.0475 e. The van der Waals surface area contributed by atoms with E-state index in [1.54, 1.807) is 0 Å². The fourth-order valence-electron chi connectivity index (χ4n) is 2.61. The molecule has 1 aromatic carbocycles. The molecule has 2 rings (SSSR count). The Bertz CT molecular complexity index is 427. The second-order valence-electron chi connectivity index (χ2n) is 5.03. The Balaban J connectivity index is 2.00. The van der Waals surface area contributed by atoms with Gasteiger partial charge in [0.2, 0.25) is 0 Å². The van der Waals surface area contributed by atoms with E-state index < -0.39 is 0 Å². The number of rotatable bonds is 5. The summed E-state index contributed by atoms with van der Waals surface area (Å²) in [4.78, 5) is 7.68. The van der Waals surface area contributed by atoms with Crippen LogP contribution in [0.3, 0.4) is 0 Å². The van der Waals surface area contributed by atoms with Gasteiger partial charge in [0.1, 0.15) is 0 Å². The highest BCUT2D eigenvalue weighted by atomic mass is 15.3. The fraction of sp³-hybridized carbons (Fsp3) is 0.571. The average Bonchev–Trinajstić information content (AvgIpc) is 2.46. The second kappa shape index (κ2) is 7.14. The molecule has 0 N–H and O–H groups in total. The van der Waals surface area contributed by atoms with E-state index in [0.717, 1.165) is 32.6 Å². The summed E-state index contributed by atoms with van der Waals surface area (Å²) < 4.78 is 0. The first-order valence-corrected chi connectivity index (χ1v) is 6.79. The monoisotopic (exact) mass is 259 g/mol. The van der Waals surface area contributed by atoms with Crippen LogP contribution in [0.5, 0.6) is 0 Å². The summed E-state index contributed by atoms with van der Waals surface area (Å²) in [5.41, 5.74) is 9.68. The van der Waals surface area contributed by atoms with Gasteiger partial charge in [0.25, 0.3) is 0 Å². The van der Waals surface area contributed by atoms with E-state index >= 15 is 0 Å². The van der Waals surface area contributed by atoms with E-state index in [0.29, 0.717) is 12.6 Å². The lowest BCUT2D eigenvalue weighted by Gasteiger charge is -2.40. The molecule has 1 heterocycles. The van der Waals surface area contributed by atoms with Crippen molar-refractivity contribution in [3.63, 3.8) is 0 Å². The highest BCUT2D eigenvalue weighted by Gasteiger charge is 2.25. The maximum atomic E-state index is 8.31. The van der Waals surface area contributed by atoms with Crippen molar-refractivity contribution in [3.8, 4) is 0 Å². The molecular weight excluding hydrogens is 238 g/mol. The third kappa shape index (κ3) is 3.96. The van der Waals surface area contributed by atoms with Crippen LogP contribution in [-0.4, -0.2) is 49.6 Å². The average molecular weight is 259 g/mol. The van der Waals surface area contributed by atoms with Crippen molar-refractivity contribution >= 4 is 0 Å². The highest BCUT2D eigenvalue weighted by molar-refractivity contribution is 5.20. The lowest BCUT2D eigenvalue weighted by atomic mass is 10.0. The molecule has 0 amide bonds. The van der Waals surface area contributed by atoms with E-state index in [9.17, 15) is 0 Å². The second-order valence-corrected chi connectivity index (χ2v) is 5.03. The number of azide groups is 1. The molecule has 0 aliphatic carbocycles.